The summed E-state index contributed by atoms with van der Waals surface area (Å²) in [4.78, 5) is 0. The molecule has 1 N–H and O–H groups in total. The lowest BCUT2D eigenvalue weighted by Crippen LogP contribution is -2.53. The van der Waals surface area contributed by atoms with Crippen molar-refractivity contribution >= 4 is 0 Å². The first-order valence-electron chi connectivity index (χ1n) is 13.5. The minimum absolute atomic E-state index is 0.851. The molecule has 39 heavy (non-hydrogen) atoms. The van der Waals surface area contributed by atoms with Crippen molar-refractivity contribution in [2.45, 2.75) is 11.0 Å². The first-order valence-corrected chi connectivity index (χ1v) is 13.5. The van der Waals surface area contributed by atoms with Gasteiger partial charge < -0.3 is 5.11 Å². The Hall–Kier alpha value is -4.72. The van der Waals surface area contributed by atoms with E-state index in [9.17, 15) is 5.11 Å². The second-order valence-corrected chi connectivity index (χ2v) is 10.6. The molecule has 1 atom stereocenters. The molecule has 1 spiro atoms. The summed E-state index contributed by atoms with van der Waals surface area (Å²) in [5.41, 5.74) is 9.72. The number of aliphatic hydroxyl groups is 1. The van der Waals surface area contributed by atoms with Crippen LogP contribution in [0.1, 0.15) is 27.8 Å². The summed E-state index contributed by atoms with van der Waals surface area (Å²) in [5, 5.41) is 13.9. The summed E-state index contributed by atoms with van der Waals surface area (Å²) in [7, 11) is 0. The maximum absolute atomic E-state index is 13.9. The van der Waals surface area contributed by atoms with E-state index in [0.717, 1.165) is 44.5 Å². The fraction of sp³-hybridized carbons (Fsp3) is 0.0526. The molecule has 6 aromatic rings. The van der Waals surface area contributed by atoms with Gasteiger partial charge >= 0.3 is 0 Å². The fourth-order valence-corrected chi connectivity index (χ4v) is 7.41. The van der Waals surface area contributed by atoms with Crippen molar-refractivity contribution in [2.75, 3.05) is 0 Å². The average molecular weight is 499 g/mol. The van der Waals surface area contributed by atoms with Crippen LogP contribution in [-0.2, 0) is 11.0 Å². The van der Waals surface area contributed by atoms with Crippen molar-refractivity contribution in [1.82, 2.24) is 0 Å². The van der Waals surface area contributed by atoms with E-state index in [1.165, 1.54) is 16.7 Å². The predicted octanol–water partition coefficient (Wildman–Crippen LogP) is 8.58. The summed E-state index contributed by atoms with van der Waals surface area (Å²) in [6.45, 7) is 0. The second kappa shape index (κ2) is 8.14. The molecule has 1 nitrogen and oxygen atoms in total. The molecule has 0 bridgehead atoms. The van der Waals surface area contributed by atoms with Crippen LogP contribution in [0.5, 0.6) is 0 Å². The van der Waals surface area contributed by atoms with Gasteiger partial charge in [0.15, 0.2) is 0 Å². The molecule has 1 unspecified atom stereocenters. The van der Waals surface area contributed by atoms with E-state index in [1.807, 2.05) is 6.07 Å². The van der Waals surface area contributed by atoms with Gasteiger partial charge in [0.25, 0.3) is 0 Å². The first kappa shape index (κ1) is 22.3. The summed E-state index contributed by atoms with van der Waals surface area (Å²) >= 11 is 0. The van der Waals surface area contributed by atoms with Crippen molar-refractivity contribution < 1.29 is 5.11 Å². The molecule has 184 valence electrons. The van der Waals surface area contributed by atoms with Gasteiger partial charge in [-0.25, -0.2) is 0 Å². The van der Waals surface area contributed by atoms with Crippen molar-refractivity contribution in [2.24, 2.45) is 0 Å². The average Bonchev–Trinajstić information content (AvgIpc) is 3.32. The number of hydrogen-bond acceptors (Lipinski definition) is 1. The third-order valence-electron chi connectivity index (χ3n) is 8.83. The van der Waals surface area contributed by atoms with Crippen LogP contribution < -0.4 is 0 Å². The molecule has 0 saturated heterocycles. The molecule has 0 aliphatic heterocycles. The number of rotatable bonds is 2. The van der Waals surface area contributed by atoms with Gasteiger partial charge in [0.1, 0.15) is 5.60 Å². The Kier molecular flexibility index (Phi) is 4.65. The van der Waals surface area contributed by atoms with Gasteiger partial charge in [-0.1, -0.05) is 152 Å². The molecule has 2 aliphatic carbocycles. The summed E-state index contributed by atoms with van der Waals surface area (Å²) < 4.78 is 0. The number of benzene rings is 6. The molecule has 0 heterocycles. The van der Waals surface area contributed by atoms with Crippen molar-refractivity contribution in [3.05, 3.63) is 179 Å². The molecule has 1 heteroatoms. The zero-order valence-electron chi connectivity index (χ0n) is 21.4. The maximum atomic E-state index is 13.9. The van der Waals surface area contributed by atoms with E-state index in [-0.39, 0.29) is 0 Å². The van der Waals surface area contributed by atoms with Crippen LogP contribution in [0.3, 0.4) is 0 Å². The highest BCUT2D eigenvalue weighted by Gasteiger charge is 2.63. The number of hydrogen-bond donors (Lipinski definition) is 1. The van der Waals surface area contributed by atoms with E-state index in [2.05, 4.69) is 146 Å². The lowest BCUT2D eigenvalue weighted by Gasteiger charge is -2.52. The van der Waals surface area contributed by atoms with Crippen molar-refractivity contribution in [3.8, 4) is 33.4 Å². The van der Waals surface area contributed by atoms with E-state index in [1.54, 1.807) is 0 Å². The number of fused-ring (bicyclic) bond motifs is 9. The topological polar surface area (TPSA) is 20.2 Å². The maximum Gasteiger partial charge on any atom is 0.134 e. The predicted molar refractivity (Wildman–Crippen MR) is 159 cm³/mol. The highest BCUT2D eigenvalue weighted by atomic mass is 16.3. The highest BCUT2D eigenvalue weighted by Crippen LogP contribution is 2.67. The standard InChI is InChI=1S/C38H26O/c39-38(35-24-12-4-16-27(35)26-14-2-1-3-15-26)36-25-13-8-20-31(36)30-19-7-11-23-34(30)37(38)32-21-9-5-17-28(32)29-18-6-10-22-33(29)37/h1-25,39H. The third kappa shape index (κ3) is 2.73. The molecular weight excluding hydrogens is 472 g/mol. The van der Waals surface area contributed by atoms with Crippen LogP contribution in [0, 0.1) is 0 Å². The fourth-order valence-electron chi connectivity index (χ4n) is 7.41. The van der Waals surface area contributed by atoms with Crippen LogP contribution in [0.4, 0.5) is 0 Å². The monoisotopic (exact) mass is 498 g/mol. The minimum atomic E-state index is -1.40. The molecule has 0 fully saturated rings. The molecule has 0 radical (unpaired) electrons. The Morgan fingerprint density at radius 1 is 0.308 bits per heavy atom. The first-order chi connectivity index (χ1) is 19.3. The van der Waals surface area contributed by atoms with Crippen molar-refractivity contribution in [3.63, 3.8) is 0 Å². The van der Waals surface area contributed by atoms with Gasteiger partial charge in [0, 0.05) is 0 Å². The largest absolute Gasteiger partial charge is 0.379 e. The molecule has 2 aliphatic rings. The lowest BCUT2D eigenvalue weighted by molar-refractivity contribution is 0.0290. The Morgan fingerprint density at radius 2 is 0.615 bits per heavy atom. The third-order valence-corrected chi connectivity index (χ3v) is 8.83. The van der Waals surface area contributed by atoms with Crippen LogP contribution >= 0.6 is 0 Å². The summed E-state index contributed by atoms with van der Waals surface area (Å²) in [6, 6.07) is 53.2. The van der Waals surface area contributed by atoms with Crippen LogP contribution in [-0.4, -0.2) is 5.11 Å². The van der Waals surface area contributed by atoms with Gasteiger partial charge in [-0.2, -0.15) is 0 Å². The molecule has 0 amide bonds. The van der Waals surface area contributed by atoms with Gasteiger partial charge in [-0.3, -0.25) is 0 Å². The molecule has 0 aromatic heterocycles. The highest BCUT2D eigenvalue weighted by molar-refractivity contribution is 5.92. The Morgan fingerprint density at radius 3 is 1.08 bits per heavy atom. The molecular formula is C38H26O. The van der Waals surface area contributed by atoms with Gasteiger partial charge in [-0.05, 0) is 61.2 Å². The van der Waals surface area contributed by atoms with Gasteiger partial charge in [0.05, 0.1) is 5.41 Å². The summed E-state index contributed by atoms with van der Waals surface area (Å²) in [6.07, 6.45) is 0. The lowest BCUT2D eigenvalue weighted by atomic mass is 9.52. The van der Waals surface area contributed by atoms with Crippen LogP contribution in [0.2, 0.25) is 0 Å². The van der Waals surface area contributed by atoms with Crippen molar-refractivity contribution in [1.29, 1.82) is 0 Å². The molecule has 8 rings (SSSR count). The van der Waals surface area contributed by atoms with Crippen LogP contribution in [0.15, 0.2) is 152 Å². The van der Waals surface area contributed by atoms with Gasteiger partial charge in [0.2, 0.25) is 0 Å². The zero-order valence-corrected chi connectivity index (χ0v) is 21.4. The Bertz CT molecular complexity index is 1840. The van der Waals surface area contributed by atoms with E-state index in [0.29, 0.717) is 0 Å². The van der Waals surface area contributed by atoms with Crippen LogP contribution in [0.25, 0.3) is 33.4 Å². The molecule has 0 saturated carbocycles. The van der Waals surface area contributed by atoms with E-state index in [4.69, 9.17) is 0 Å². The minimum Gasteiger partial charge on any atom is -0.379 e. The SMILES string of the molecule is OC1(c2ccccc2-c2ccccc2)c2ccccc2-c2ccccc2C12c1ccccc1-c1ccccc12. The molecule has 6 aromatic carbocycles. The smallest absolute Gasteiger partial charge is 0.134 e. The normalized spacial score (nSPS) is 17.7. The van der Waals surface area contributed by atoms with E-state index < -0.39 is 11.0 Å². The quantitative estimate of drug-likeness (QED) is 0.253. The van der Waals surface area contributed by atoms with E-state index >= 15 is 0 Å². The zero-order chi connectivity index (χ0) is 26.0. The van der Waals surface area contributed by atoms with Gasteiger partial charge in [-0.15, -0.1) is 0 Å². The Labute approximate surface area is 228 Å². The second-order valence-electron chi connectivity index (χ2n) is 10.6. The Balaban J connectivity index is 1.62. The summed E-state index contributed by atoms with van der Waals surface area (Å²) in [5.74, 6) is 0.